The molecule has 2 rings (SSSR count). The van der Waals surface area contributed by atoms with E-state index in [1.807, 2.05) is 0 Å². The van der Waals surface area contributed by atoms with Crippen LogP contribution in [0.5, 0.6) is 0 Å². The highest BCUT2D eigenvalue weighted by Gasteiger charge is 2.18. The number of amides is 1. The van der Waals surface area contributed by atoms with Crippen LogP contribution < -0.4 is 5.32 Å². The fraction of sp³-hybridized carbons (Fsp3) is 0.364. The fourth-order valence-corrected chi connectivity index (χ4v) is 1.84. The molecule has 0 spiro atoms. The summed E-state index contributed by atoms with van der Waals surface area (Å²) < 4.78 is 25.2. The number of H-pyrrole nitrogens is 1. The van der Waals surface area contributed by atoms with Crippen LogP contribution in [0.2, 0.25) is 0 Å². The Morgan fingerprint density at radius 3 is 2.80 bits per heavy atom. The Kier molecular flexibility index (Phi) is 3.73. The minimum absolute atomic E-state index is 0.117. The first-order chi connectivity index (χ1) is 9.26. The van der Waals surface area contributed by atoms with Gasteiger partial charge in [0.1, 0.15) is 11.4 Å². The van der Waals surface area contributed by atoms with Gasteiger partial charge in [-0.25, -0.2) is 14.0 Å². The molecule has 0 aliphatic heterocycles. The lowest BCUT2D eigenvalue weighted by Gasteiger charge is -2.19. The standard InChI is InChI=1S/C11H14N4O4S/c1-11(2,3)19-10(16)13-9-7-4-6(20(17)18)5-12-8(7)14-15-9/h4-5H,1-3H3,(H,17,18)(H2,12,13,14,15,16). The van der Waals surface area contributed by atoms with Crippen LogP contribution in [-0.2, 0) is 15.8 Å². The first kappa shape index (κ1) is 14.4. The smallest absolute Gasteiger partial charge is 0.413 e. The fourth-order valence-electron chi connectivity index (χ4n) is 1.48. The molecule has 1 atom stereocenters. The van der Waals surface area contributed by atoms with Crippen molar-refractivity contribution in [2.75, 3.05) is 5.32 Å². The topological polar surface area (TPSA) is 117 Å². The zero-order valence-corrected chi connectivity index (χ0v) is 11.9. The van der Waals surface area contributed by atoms with E-state index in [9.17, 15) is 9.00 Å². The molecule has 0 radical (unpaired) electrons. The van der Waals surface area contributed by atoms with E-state index < -0.39 is 22.8 Å². The van der Waals surface area contributed by atoms with Gasteiger partial charge < -0.3 is 9.29 Å². The van der Waals surface area contributed by atoms with Crippen molar-refractivity contribution in [3.05, 3.63) is 12.3 Å². The number of pyridine rings is 1. The average molecular weight is 298 g/mol. The van der Waals surface area contributed by atoms with E-state index in [-0.39, 0.29) is 10.7 Å². The monoisotopic (exact) mass is 298 g/mol. The lowest BCUT2D eigenvalue weighted by molar-refractivity contribution is 0.0635. The lowest BCUT2D eigenvalue weighted by Crippen LogP contribution is -2.27. The number of fused-ring (bicyclic) bond motifs is 1. The maximum Gasteiger partial charge on any atom is 0.413 e. The quantitative estimate of drug-likeness (QED) is 0.729. The molecule has 2 heterocycles. The number of nitrogens with zero attached hydrogens (tertiary/aromatic N) is 2. The number of anilines is 1. The molecule has 0 aliphatic rings. The van der Waals surface area contributed by atoms with E-state index in [2.05, 4.69) is 20.5 Å². The Labute approximate surface area is 117 Å². The molecule has 0 saturated carbocycles. The number of carbonyl (C=O) groups excluding carboxylic acids is 1. The van der Waals surface area contributed by atoms with Gasteiger partial charge in [-0.3, -0.25) is 10.4 Å². The second kappa shape index (κ2) is 5.17. The summed E-state index contributed by atoms with van der Waals surface area (Å²) in [6.07, 6.45) is 0.592. The summed E-state index contributed by atoms with van der Waals surface area (Å²) >= 11 is -2.15. The van der Waals surface area contributed by atoms with Gasteiger partial charge in [-0.15, -0.1) is 0 Å². The van der Waals surface area contributed by atoms with Gasteiger partial charge in [0, 0.05) is 6.20 Å². The Balaban J connectivity index is 2.28. The van der Waals surface area contributed by atoms with Crippen molar-refractivity contribution < 1.29 is 18.3 Å². The van der Waals surface area contributed by atoms with Crippen molar-refractivity contribution in [1.82, 2.24) is 15.2 Å². The summed E-state index contributed by atoms with van der Waals surface area (Å²) in [6, 6.07) is 1.43. The molecule has 3 N–H and O–H groups in total. The minimum Gasteiger partial charge on any atom is -0.444 e. The molecule has 1 amide bonds. The number of rotatable bonds is 2. The lowest BCUT2D eigenvalue weighted by atomic mass is 10.2. The number of aromatic amines is 1. The summed E-state index contributed by atoms with van der Waals surface area (Å²) in [6.45, 7) is 5.23. The summed E-state index contributed by atoms with van der Waals surface area (Å²) in [5.41, 5.74) is -0.305. The van der Waals surface area contributed by atoms with Crippen molar-refractivity contribution in [2.45, 2.75) is 31.3 Å². The summed E-state index contributed by atoms with van der Waals surface area (Å²) in [4.78, 5) is 15.7. The highest BCUT2D eigenvalue weighted by molar-refractivity contribution is 7.79. The van der Waals surface area contributed by atoms with Gasteiger partial charge in [0.25, 0.3) is 0 Å². The van der Waals surface area contributed by atoms with Gasteiger partial charge >= 0.3 is 6.09 Å². The SMILES string of the molecule is CC(C)(C)OC(=O)Nc1[nH]nc2ncc(S(=O)O)cc12. The minimum atomic E-state index is -2.15. The van der Waals surface area contributed by atoms with Crippen molar-refractivity contribution >= 4 is 34.0 Å². The van der Waals surface area contributed by atoms with Crippen LogP contribution in [0.1, 0.15) is 20.8 Å². The number of hydrogen-bond acceptors (Lipinski definition) is 5. The van der Waals surface area contributed by atoms with Crippen LogP contribution in [0.15, 0.2) is 17.2 Å². The maximum atomic E-state index is 11.7. The van der Waals surface area contributed by atoms with Crippen LogP contribution in [0, 0.1) is 0 Å². The molecular weight excluding hydrogens is 284 g/mol. The summed E-state index contributed by atoms with van der Waals surface area (Å²) in [7, 11) is 0. The van der Waals surface area contributed by atoms with Crippen molar-refractivity contribution in [3.8, 4) is 0 Å². The van der Waals surface area contributed by atoms with Crippen LogP contribution in [0.3, 0.4) is 0 Å². The Morgan fingerprint density at radius 2 is 2.20 bits per heavy atom. The van der Waals surface area contributed by atoms with E-state index >= 15 is 0 Å². The predicted molar refractivity (Wildman–Crippen MR) is 72.8 cm³/mol. The van der Waals surface area contributed by atoms with Gasteiger partial charge in [0.15, 0.2) is 16.7 Å². The third-order valence-electron chi connectivity index (χ3n) is 2.21. The van der Waals surface area contributed by atoms with E-state index in [1.165, 1.54) is 12.3 Å². The summed E-state index contributed by atoms with van der Waals surface area (Å²) in [5, 5.41) is 9.39. The van der Waals surface area contributed by atoms with Gasteiger partial charge in [-0.1, -0.05) is 0 Å². The second-order valence-electron chi connectivity index (χ2n) is 5.02. The summed E-state index contributed by atoms with van der Waals surface area (Å²) in [5.74, 6) is 0.258. The normalized spacial score (nSPS) is 13.2. The van der Waals surface area contributed by atoms with Crippen LogP contribution in [-0.4, -0.2) is 35.6 Å². The van der Waals surface area contributed by atoms with Crippen LogP contribution >= 0.6 is 0 Å². The molecule has 20 heavy (non-hydrogen) atoms. The number of ether oxygens (including phenoxy) is 1. The van der Waals surface area contributed by atoms with Gasteiger partial charge in [-0.05, 0) is 26.8 Å². The number of nitrogens with one attached hydrogen (secondary N) is 2. The molecule has 8 nitrogen and oxygen atoms in total. The Hall–Kier alpha value is -2.00. The van der Waals surface area contributed by atoms with E-state index in [1.54, 1.807) is 20.8 Å². The molecule has 0 fully saturated rings. The van der Waals surface area contributed by atoms with E-state index in [0.717, 1.165) is 0 Å². The van der Waals surface area contributed by atoms with Gasteiger partial charge in [-0.2, -0.15) is 5.10 Å². The molecule has 0 bridgehead atoms. The third-order valence-corrected chi connectivity index (χ3v) is 2.84. The molecule has 1 unspecified atom stereocenters. The van der Waals surface area contributed by atoms with Crippen molar-refractivity contribution in [3.63, 3.8) is 0 Å². The number of hydrogen-bond donors (Lipinski definition) is 3. The first-order valence-corrected chi connectivity index (χ1v) is 6.82. The largest absolute Gasteiger partial charge is 0.444 e. The zero-order valence-electron chi connectivity index (χ0n) is 11.1. The molecule has 0 aliphatic carbocycles. The van der Waals surface area contributed by atoms with E-state index in [0.29, 0.717) is 11.0 Å². The van der Waals surface area contributed by atoms with Gasteiger partial charge in [0.2, 0.25) is 0 Å². The molecule has 9 heteroatoms. The van der Waals surface area contributed by atoms with Crippen molar-refractivity contribution in [2.24, 2.45) is 0 Å². The first-order valence-electron chi connectivity index (χ1n) is 5.71. The number of carbonyl (C=O) groups is 1. The molecule has 2 aromatic heterocycles. The highest BCUT2D eigenvalue weighted by Crippen LogP contribution is 2.21. The molecule has 0 saturated heterocycles. The number of aromatic nitrogens is 3. The van der Waals surface area contributed by atoms with Crippen molar-refractivity contribution in [1.29, 1.82) is 0 Å². The Bertz CT molecular complexity index is 677. The highest BCUT2D eigenvalue weighted by atomic mass is 32.2. The van der Waals surface area contributed by atoms with Gasteiger partial charge in [0.05, 0.1) is 10.3 Å². The molecule has 108 valence electrons. The van der Waals surface area contributed by atoms with Crippen LogP contribution in [0.4, 0.5) is 10.6 Å². The average Bonchev–Trinajstić information content (AvgIpc) is 2.69. The molecular formula is C11H14N4O4S. The van der Waals surface area contributed by atoms with Crippen LogP contribution in [0.25, 0.3) is 11.0 Å². The zero-order chi connectivity index (χ0) is 14.9. The maximum absolute atomic E-state index is 11.7. The van der Waals surface area contributed by atoms with E-state index in [4.69, 9.17) is 9.29 Å². The Morgan fingerprint density at radius 1 is 1.50 bits per heavy atom. The second-order valence-corrected chi connectivity index (χ2v) is 5.99. The molecule has 0 aromatic carbocycles. The molecule has 2 aromatic rings. The third kappa shape index (κ3) is 3.31. The predicted octanol–water partition coefficient (Wildman–Crippen LogP) is 1.89.